The first-order valence-corrected chi connectivity index (χ1v) is 3.59. The molecule has 60 valence electrons. The van der Waals surface area contributed by atoms with Crippen LogP contribution < -0.4 is 0 Å². The van der Waals surface area contributed by atoms with Crippen LogP contribution in [0.15, 0.2) is 17.5 Å². The molecule has 0 spiro atoms. The lowest BCUT2D eigenvalue weighted by Gasteiger charge is -1.78. The van der Waals surface area contributed by atoms with Gasteiger partial charge in [-0.2, -0.15) is 0 Å². The van der Waals surface area contributed by atoms with Gasteiger partial charge in [0.25, 0.3) is 0 Å². The fourth-order valence-corrected chi connectivity index (χ4v) is 0.962. The van der Waals surface area contributed by atoms with Crippen LogP contribution in [0.5, 0.6) is 0 Å². The summed E-state index contributed by atoms with van der Waals surface area (Å²) < 4.78 is 0. The van der Waals surface area contributed by atoms with E-state index in [2.05, 4.69) is 0 Å². The number of thiophene rings is 1. The Kier molecular flexibility index (Phi) is 5.45. The van der Waals surface area contributed by atoms with E-state index in [1.807, 2.05) is 0 Å². The number of carbonyl (C=O) groups is 1. The van der Waals surface area contributed by atoms with E-state index in [0.29, 0.717) is 4.88 Å². The molecule has 0 amide bonds. The summed E-state index contributed by atoms with van der Waals surface area (Å²) in [4.78, 5) is 10.5. The molecule has 0 aliphatic heterocycles. The summed E-state index contributed by atoms with van der Waals surface area (Å²) in [6.07, 6.45) is 0. The highest BCUT2D eigenvalue weighted by Crippen LogP contribution is 2.06. The molecule has 0 aliphatic carbocycles. The Morgan fingerprint density at radius 2 is 2.09 bits per heavy atom. The Morgan fingerprint density at radius 3 is 2.27 bits per heavy atom. The maximum atomic E-state index is 10.1. The van der Waals surface area contributed by atoms with E-state index >= 15 is 0 Å². The molecule has 0 saturated heterocycles. The van der Waals surface area contributed by atoms with Crippen molar-refractivity contribution < 1.29 is 19.9 Å². The second-order valence-corrected chi connectivity index (χ2v) is 2.37. The van der Waals surface area contributed by atoms with E-state index in [-0.39, 0.29) is 0 Å². The summed E-state index contributed by atoms with van der Waals surface area (Å²) in [5.41, 5.74) is 0. The number of hydrogen-bond acceptors (Lipinski definition) is 4. The Morgan fingerprint density at radius 1 is 1.55 bits per heavy atom. The Hall–Kier alpha value is -0.845. The van der Waals surface area contributed by atoms with E-state index in [4.69, 9.17) is 15.2 Å². The highest BCUT2D eigenvalue weighted by molar-refractivity contribution is 7.11. The molecule has 0 aromatic carbocycles. The number of aromatic carboxylic acids is 1. The van der Waals surface area contributed by atoms with Gasteiger partial charge in [-0.25, -0.2) is 4.79 Å². The third kappa shape index (κ3) is 4.54. The lowest BCUT2D eigenvalue weighted by molar-refractivity contribution is 0.0702. The average Bonchev–Trinajstić information content (AvgIpc) is 2.38. The first-order valence-electron chi connectivity index (χ1n) is 2.71. The first kappa shape index (κ1) is 10.2. The van der Waals surface area contributed by atoms with E-state index < -0.39 is 13.7 Å². The summed E-state index contributed by atoms with van der Waals surface area (Å²) in [5, 5.41) is 24.3. The Bertz CT molecular complexity index is 198. The van der Waals surface area contributed by atoms with Crippen LogP contribution in [0.3, 0.4) is 0 Å². The van der Waals surface area contributed by atoms with E-state index in [1.165, 1.54) is 11.3 Å². The maximum absolute atomic E-state index is 10.1. The summed E-state index contributed by atoms with van der Waals surface area (Å²) in [6.45, 7) is 0. The predicted molar refractivity (Wildman–Crippen MR) is 42.9 cm³/mol. The molecule has 0 unspecified atom stereocenters. The average molecular weight is 174 g/mol. The summed E-state index contributed by atoms with van der Waals surface area (Å²) in [5.74, 6) is -0.847. The van der Waals surface area contributed by atoms with Crippen LogP contribution in [0.2, 0.25) is 0 Å². The summed E-state index contributed by atoms with van der Waals surface area (Å²) in [6, 6.07) is 3.29. The van der Waals surface area contributed by atoms with E-state index in [1.54, 1.807) is 17.5 Å². The van der Waals surface area contributed by atoms with Gasteiger partial charge in [-0.15, -0.1) is 11.3 Å². The third-order valence-corrected chi connectivity index (χ3v) is 1.59. The lowest BCUT2D eigenvalue weighted by atomic mass is 10.5. The number of carboxylic acids is 1. The minimum absolute atomic E-state index is 0.394. The zero-order chi connectivity index (χ0) is 8.69. The van der Waals surface area contributed by atoms with Crippen molar-refractivity contribution >= 4 is 25.0 Å². The molecule has 1 aromatic heterocycles. The minimum Gasteiger partial charge on any atom is -0.477 e. The molecule has 6 heteroatoms. The van der Waals surface area contributed by atoms with Gasteiger partial charge in [-0.3, -0.25) is 0 Å². The number of hydrogen-bond donors (Lipinski definition) is 3. The molecule has 0 atom stereocenters. The van der Waals surface area contributed by atoms with Crippen molar-refractivity contribution in [2.45, 2.75) is 0 Å². The van der Waals surface area contributed by atoms with Crippen molar-refractivity contribution in [2.24, 2.45) is 0 Å². The molecule has 1 rings (SSSR count). The van der Waals surface area contributed by atoms with E-state index in [0.717, 1.165) is 0 Å². The Labute approximate surface area is 68.0 Å². The van der Waals surface area contributed by atoms with Gasteiger partial charge < -0.3 is 15.2 Å². The molecule has 0 fully saturated rings. The molecule has 4 nitrogen and oxygen atoms in total. The molecular weight excluding hydrogens is 167 g/mol. The van der Waals surface area contributed by atoms with Crippen LogP contribution >= 0.6 is 11.3 Å². The van der Waals surface area contributed by atoms with Gasteiger partial charge in [0, 0.05) is 0 Å². The number of carboxylic acid groups (broad SMARTS) is 1. The molecule has 1 aromatic rings. The molecule has 3 N–H and O–H groups in total. The second-order valence-electron chi connectivity index (χ2n) is 1.42. The highest BCUT2D eigenvalue weighted by Gasteiger charge is 1.99. The van der Waals surface area contributed by atoms with Crippen molar-refractivity contribution in [1.82, 2.24) is 0 Å². The zero-order valence-electron chi connectivity index (χ0n) is 5.60. The fraction of sp³-hybridized carbons (Fsp3) is 0. The minimum atomic E-state index is -0.847. The second kappa shape index (κ2) is 5.90. The normalized spacial score (nSPS) is 7.82. The van der Waals surface area contributed by atoms with Crippen molar-refractivity contribution in [3.8, 4) is 0 Å². The van der Waals surface area contributed by atoms with Crippen LogP contribution in [-0.2, 0) is 0 Å². The van der Waals surface area contributed by atoms with Crippen molar-refractivity contribution in [3.05, 3.63) is 22.4 Å². The standard InChI is InChI=1S/C5H4O2S.BH3O2/c6-5(7)4-2-1-3-8-4;2-1-3/h1-3H,(H,6,7);1-3H. The first-order chi connectivity index (χ1) is 5.22. The van der Waals surface area contributed by atoms with Crippen LogP contribution in [0, 0.1) is 0 Å². The van der Waals surface area contributed by atoms with Gasteiger partial charge >= 0.3 is 13.7 Å². The van der Waals surface area contributed by atoms with Gasteiger partial charge in [-0.1, -0.05) is 6.07 Å². The largest absolute Gasteiger partial charge is 0.477 e. The van der Waals surface area contributed by atoms with Crippen molar-refractivity contribution in [3.63, 3.8) is 0 Å². The monoisotopic (exact) mass is 174 g/mol. The molecule has 0 bridgehead atoms. The van der Waals surface area contributed by atoms with Crippen LogP contribution in [0.4, 0.5) is 0 Å². The maximum Gasteiger partial charge on any atom is 0.432 e. The number of rotatable bonds is 1. The molecule has 11 heavy (non-hydrogen) atoms. The molecule has 0 aliphatic rings. The quantitative estimate of drug-likeness (QED) is 0.510. The zero-order valence-corrected chi connectivity index (χ0v) is 6.41. The highest BCUT2D eigenvalue weighted by atomic mass is 32.1. The smallest absolute Gasteiger partial charge is 0.432 e. The molecule has 1 heterocycles. The van der Waals surface area contributed by atoms with Gasteiger partial charge in [0.1, 0.15) is 4.88 Å². The van der Waals surface area contributed by atoms with Crippen LogP contribution in [0.25, 0.3) is 0 Å². The summed E-state index contributed by atoms with van der Waals surface area (Å²) >= 11 is 1.23. The van der Waals surface area contributed by atoms with Crippen molar-refractivity contribution in [2.75, 3.05) is 0 Å². The van der Waals surface area contributed by atoms with Gasteiger partial charge in [0.15, 0.2) is 0 Å². The third-order valence-electron chi connectivity index (χ3n) is 0.732. The van der Waals surface area contributed by atoms with Crippen LogP contribution in [0.1, 0.15) is 9.67 Å². The topological polar surface area (TPSA) is 77.8 Å². The SMILES string of the molecule is O=C(O)c1cccs1.OBO. The van der Waals surface area contributed by atoms with Gasteiger partial charge in [-0.05, 0) is 11.4 Å². The van der Waals surface area contributed by atoms with Crippen LogP contribution in [-0.4, -0.2) is 28.8 Å². The fourth-order valence-electron chi connectivity index (χ4n) is 0.400. The van der Waals surface area contributed by atoms with Gasteiger partial charge in [0.05, 0.1) is 0 Å². The molecule has 0 radical (unpaired) electrons. The summed E-state index contributed by atoms with van der Waals surface area (Å²) in [7, 11) is -0.750. The Balaban J connectivity index is 0.000000292. The molecule has 0 saturated carbocycles. The van der Waals surface area contributed by atoms with Gasteiger partial charge in [0.2, 0.25) is 0 Å². The lowest BCUT2D eigenvalue weighted by Crippen LogP contribution is -1.89. The molecular formula is C5H7BO4S. The predicted octanol–water partition coefficient (Wildman–Crippen LogP) is -0.316. The van der Waals surface area contributed by atoms with E-state index in [9.17, 15) is 4.79 Å². The van der Waals surface area contributed by atoms with Crippen molar-refractivity contribution in [1.29, 1.82) is 0 Å².